The van der Waals surface area contributed by atoms with Gasteiger partial charge in [0.15, 0.2) is 0 Å². The fourth-order valence-corrected chi connectivity index (χ4v) is 2.05. The smallest absolute Gasteiger partial charge is 0.339 e. The van der Waals surface area contributed by atoms with Crippen molar-refractivity contribution >= 4 is 5.97 Å². The van der Waals surface area contributed by atoms with Gasteiger partial charge in [0.05, 0.1) is 0 Å². The van der Waals surface area contributed by atoms with E-state index >= 15 is 0 Å². The summed E-state index contributed by atoms with van der Waals surface area (Å²) >= 11 is 0. The molecule has 4 nitrogen and oxygen atoms in total. The van der Waals surface area contributed by atoms with Crippen molar-refractivity contribution in [2.75, 3.05) is 0 Å². The molecule has 1 aliphatic rings. The van der Waals surface area contributed by atoms with Gasteiger partial charge in [0, 0.05) is 18.3 Å². The molecule has 1 saturated carbocycles. The maximum absolute atomic E-state index is 11.3. The minimum atomic E-state index is -0.920. The van der Waals surface area contributed by atoms with E-state index < -0.39 is 5.97 Å². The highest BCUT2D eigenvalue weighted by atomic mass is 16.4. The van der Waals surface area contributed by atoms with Gasteiger partial charge in [-0.1, -0.05) is 30.3 Å². The monoisotopic (exact) mass is 242 g/mol. The molecule has 0 unspecified atom stereocenters. The van der Waals surface area contributed by atoms with Crippen LogP contribution in [-0.2, 0) is 6.54 Å². The van der Waals surface area contributed by atoms with Gasteiger partial charge >= 0.3 is 5.97 Å². The highest BCUT2D eigenvalue weighted by Crippen LogP contribution is 2.31. The first-order chi connectivity index (χ1) is 8.74. The number of carboxylic acids is 1. The van der Waals surface area contributed by atoms with Crippen LogP contribution in [0.1, 0.15) is 23.2 Å². The number of carbonyl (C=O) groups is 1. The van der Waals surface area contributed by atoms with E-state index in [0.29, 0.717) is 11.6 Å². The van der Waals surface area contributed by atoms with Gasteiger partial charge in [-0.3, -0.25) is 4.68 Å². The largest absolute Gasteiger partial charge is 0.478 e. The summed E-state index contributed by atoms with van der Waals surface area (Å²) < 4.78 is 1.77. The third-order valence-electron chi connectivity index (χ3n) is 3.18. The molecule has 92 valence electrons. The average molecular weight is 242 g/mol. The first kappa shape index (κ1) is 11.0. The summed E-state index contributed by atoms with van der Waals surface area (Å²) in [7, 11) is 0. The molecule has 0 atom stereocenters. The summed E-state index contributed by atoms with van der Waals surface area (Å²) in [5, 5.41) is 13.7. The van der Waals surface area contributed by atoms with Gasteiger partial charge in [-0.2, -0.15) is 5.10 Å². The van der Waals surface area contributed by atoms with Crippen molar-refractivity contribution in [1.82, 2.24) is 9.78 Å². The van der Waals surface area contributed by atoms with Gasteiger partial charge in [-0.25, -0.2) is 4.79 Å². The zero-order valence-corrected chi connectivity index (χ0v) is 9.91. The van der Waals surface area contributed by atoms with Crippen LogP contribution in [0.5, 0.6) is 0 Å². The minimum Gasteiger partial charge on any atom is -0.478 e. The molecule has 3 rings (SSSR count). The van der Waals surface area contributed by atoms with Crippen LogP contribution >= 0.6 is 0 Å². The number of carboxylic acid groups (broad SMARTS) is 1. The molecular weight excluding hydrogens is 228 g/mol. The van der Waals surface area contributed by atoms with Gasteiger partial charge in [0.25, 0.3) is 0 Å². The Bertz CT molecular complexity index is 571. The second-order valence-corrected chi connectivity index (χ2v) is 4.73. The lowest BCUT2D eigenvalue weighted by Gasteiger charge is -1.98. The van der Waals surface area contributed by atoms with Crippen LogP contribution in [-0.4, -0.2) is 20.9 Å². The predicted molar refractivity (Wildman–Crippen MR) is 67.3 cm³/mol. The van der Waals surface area contributed by atoms with Crippen LogP contribution in [0, 0.1) is 5.92 Å². The van der Waals surface area contributed by atoms with Crippen molar-refractivity contribution < 1.29 is 9.90 Å². The number of rotatable bonds is 4. The summed E-state index contributed by atoms with van der Waals surface area (Å²) in [6.07, 6.45) is 4.09. The summed E-state index contributed by atoms with van der Waals surface area (Å²) in [5.74, 6) is -0.244. The molecule has 0 radical (unpaired) electrons. The Labute approximate surface area is 105 Å². The van der Waals surface area contributed by atoms with Crippen LogP contribution in [0.25, 0.3) is 11.3 Å². The molecule has 0 saturated heterocycles. The number of nitrogens with zero attached hydrogens (tertiary/aromatic N) is 2. The van der Waals surface area contributed by atoms with Crippen molar-refractivity contribution in [2.45, 2.75) is 19.4 Å². The Morgan fingerprint density at radius 2 is 2.06 bits per heavy atom. The molecule has 1 heterocycles. The van der Waals surface area contributed by atoms with Gasteiger partial charge < -0.3 is 5.11 Å². The number of aromatic nitrogens is 2. The van der Waals surface area contributed by atoms with Gasteiger partial charge in [0.1, 0.15) is 11.3 Å². The van der Waals surface area contributed by atoms with Crippen LogP contribution in [0.3, 0.4) is 0 Å². The van der Waals surface area contributed by atoms with Crippen molar-refractivity contribution in [3.05, 3.63) is 42.1 Å². The number of hydrogen-bond donors (Lipinski definition) is 1. The molecule has 4 heteroatoms. The third-order valence-corrected chi connectivity index (χ3v) is 3.18. The van der Waals surface area contributed by atoms with Crippen LogP contribution < -0.4 is 0 Å². The van der Waals surface area contributed by atoms with E-state index in [4.69, 9.17) is 0 Å². The lowest BCUT2D eigenvalue weighted by molar-refractivity contribution is 0.0697. The quantitative estimate of drug-likeness (QED) is 0.896. The van der Waals surface area contributed by atoms with Crippen LogP contribution in [0.2, 0.25) is 0 Å². The molecule has 1 N–H and O–H groups in total. The molecule has 1 aromatic heterocycles. The lowest BCUT2D eigenvalue weighted by Crippen LogP contribution is -2.00. The highest BCUT2D eigenvalue weighted by Gasteiger charge is 2.24. The summed E-state index contributed by atoms with van der Waals surface area (Å²) in [6, 6.07) is 9.46. The second kappa shape index (κ2) is 4.29. The molecule has 0 bridgehead atoms. The zero-order valence-electron chi connectivity index (χ0n) is 9.91. The average Bonchev–Trinajstić information content (AvgIpc) is 3.07. The lowest BCUT2D eigenvalue weighted by atomic mass is 10.1. The van der Waals surface area contributed by atoms with E-state index in [1.54, 1.807) is 10.9 Å². The number of benzene rings is 1. The van der Waals surface area contributed by atoms with E-state index in [1.807, 2.05) is 30.3 Å². The van der Waals surface area contributed by atoms with Gasteiger partial charge in [0.2, 0.25) is 0 Å². The van der Waals surface area contributed by atoms with E-state index in [-0.39, 0.29) is 5.56 Å². The molecule has 1 aliphatic carbocycles. The van der Waals surface area contributed by atoms with Gasteiger partial charge in [-0.05, 0) is 18.8 Å². The van der Waals surface area contributed by atoms with E-state index in [1.165, 1.54) is 12.8 Å². The molecule has 0 spiro atoms. The topological polar surface area (TPSA) is 55.1 Å². The van der Waals surface area contributed by atoms with E-state index in [0.717, 1.165) is 12.1 Å². The second-order valence-electron chi connectivity index (χ2n) is 4.73. The Balaban J connectivity index is 2.00. The summed E-state index contributed by atoms with van der Waals surface area (Å²) in [5.41, 5.74) is 1.69. The Hall–Kier alpha value is -2.10. The molecule has 18 heavy (non-hydrogen) atoms. The SMILES string of the molecule is O=C(O)c1cn(CC2CC2)nc1-c1ccccc1. The first-order valence-corrected chi connectivity index (χ1v) is 6.10. The fourth-order valence-electron chi connectivity index (χ4n) is 2.05. The standard InChI is InChI=1S/C14H14N2O2/c17-14(18)12-9-16(8-10-6-7-10)15-13(12)11-4-2-1-3-5-11/h1-5,9-10H,6-8H2,(H,17,18). The number of hydrogen-bond acceptors (Lipinski definition) is 2. The molecule has 0 aliphatic heterocycles. The molecular formula is C14H14N2O2. The predicted octanol–water partition coefficient (Wildman–Crippen LogP) is 2.66. The third kappa shape index (κ3) is 2.14. The van der Waals surface area contributed by atoms with Crippen LogP contribution in [0.4, 0.5) is 0 Å². The fraction of sp³-hybridized carbons (Fsp3) is 0.286. The van der Waals surface area contributed by atoms with E-state index in [9.17, 15) is 9.90 Å². The van der Waals surface area contributed by atoms with Crippen molar-refractivity contribution in [3.8, 4) is 11.3 Å². The Morgan fingerprint density at radius 3 is 2.67 bits per heavy atom. The summed E-state index contributed by atoms with van der Waals surface area (Å²) in [6.45, 7) is 0.827. The van der Waals surface area contributed by atoms with Crippen molar-refractivity contribution in [2.24, 2.45) is 5.92 Å². The molecule has 2 aromatic rings. The van der Waals surface area contributed by atoms with Crippen LogP contribution in [0.15, 0.2) is 36.5 Å². The molecule has 1 aromatic carbocycles. The molecule has 0 amide bonds. The normalized spacial score (nSPS) is 14.7. The number of aromatic carboxylic acids is 1. The Morgan fingerprint density at radius 1 is 1.33 bits per heavy atom. The van der Waals surface area contributed by atoms with Crippen molar-refractivity contribution in [1.29, 1.82) is 0 Å². The zero-order chi connectivity index (χ0) is 12.5. The highest BCUT2D eigenvalue weighted by molar-refractivity contribution is 5.94. The van der Waals surface area contributed by atoms with Crippen molar-refractivity contribution in [3.63, 3.8) is 0 Å². The summed E-state index contributed by atoms with van der Waals surface area (Å²) in [4.78, 5) is 11.3. The minimum absolute atomic E-state index is 0.279. The van der Waals surface area contributed by atoms with E-state index in [2.05, 4.69) is 5.10 Å². The molecule has 1 fully saturated rings. The first-order valence-electron chi connectivity index (χ1n) is 6.10. The maximum Gasteiger partial charge on any atom is 0.339 e. The Kier molecular flexibility index (Phi) is 2.63. The van der Waals surface area contributed by atoms with Gasteiger partial charge in [-0.15, -0.1) is 0 Å². The maximum atomic E-state index is 11.3.